The van der Waals surface area contributed by atoms with Gasteiger partial charge in [0.05, 0.1) is 0 Å². The molecule has 2 N–H and O–H groups in total. The number of carbonyl (C=O) groups is 2. The number of hydrogen-bond acceptors (Lipinski definition) is 2. The van der Waals surface area contributed by atoms with Crippen LogP contribution in [0.4, 0.5) is 0 Å². The van der Waals surface area contributed by atoms with E-state index in [1.165, 1.54) is 19.3 Å². The molecule has 26 heavy (non-hydrogen) atoms. The maximum absolute atomic E-state index is 12.8. The Balaban J connectivity index is 1.43. The zero-order valence-corrected chi connectivity index (χ0v) is 16.1. The van der Waals surface area contributed by atoms with E-state index in [1.807, 2.05) is 20.8 Å². The van der Waals surface area contributed by atoms with Crippen molar-refractivity contribution in [3.8, 4) is 0 Å². The molecule has 0 aliphatic heterocycles. The SMILES string of the molecule is CC(C)(C)NC(=O)c1ccc(C(=O)NC23CC4CC(CC(C4)C2)C3)cc1. The van der Waals surface area contributed by atoms with Crippen LogP contribution < -0.4 is 10.6 Å². The van der Waals surface area contributed by atoms with Gasteiger partial charge in [-0.2, -0.15) is 0 Å². The Bertz CT molecular complexity index is 679. The molecule has 2 amide bonds. The second-order valence-electron chi connectivity index (χ2n) is 9.93. The Hall–Kier alpha value is -1.84. The van der Waals surface area contributed by atoms with E-state index in [0.29, 0.717) is 11.1 Å². The monoisotopic (exact) mass is 354 g/mol. The van der Waals surface area contributed by atoms with Gasteiger partial charge in [-0.25, -0.2) is 0 Å². The van der Waals surface area contributed by atoms with Gasteiger partial charge in [0.25, 0.3) is 11.8 Å². The van der Waals surface area contributed by atoms with E-state index in [2.05, 4.69) is 10.6 Å². The Labute approximate surface area is 156 Å². The number of amides is 2. The second kappa shape index (κ2) is 6.11. The minimum absolute atomic E-state index is 0.00901. The lowest BCUT2D eigenvalue weighted by Gasteiger charge is -2.56. The third-order valence-electron chi connectivity index (χ3n) is 6.31. The molecule has 4 nitrogen and oxygen atoms in total. The zero-order chi connectivity index (χ0) is 18.5. The van der Waals surface area contributed by atoms with Crippen molar-refractivity contribution in [2.45, 2.75) is 70.4 Å². The molecular formula is C22H30N2O2. The zero-order valence-electron chi connectivity index (χ0n) is 16.1. The van der Waals surface area contributed by atoms with Crippen molar-refractivity contribution in [2.75, 3.05) is 0 Å². The predicted molar refractivity (Wildman–Crippen MR) is 102 cm³/mol. The number of rotatable bonds is 3. The average Bonchev–Trinajstić information content (AvgIpc) is 2.51. The highest BCUT2D eigenvalue weighted by atomic mass is 16.2. The van der Waals surface area contributed by atoms with Crippen molar-refractivity contribution in [3.63, 3.8) is 0 Å². The van der Waals surface area contributed by atoms with Crippen LogP contribution in [0, 0.1) is 17.8 Å². The molecule has 0 spiro atoms. The molecule has 0 unspecified atom stereocenters. The number of benzene rings is 1. The first-order chi connectivity index (χ1) is 12.2. The standard InChI is InChI=1S/C22H30N2O2/c1-21(2,3)23-19(25)17-4-6-18(7-5-17)20(26)24-22-11-14-8-15(12-22)10-16(9-14)13-22/h4-7,14-16H,8-13H2,1-3H3,(H,23,25)(H,24,26). The predicted octanol–water partition coefficient (Wildman–Crippen LogP) is 3.91. The second-order valence-corrected chi connectivity index (χ2v) is 9.93. The van der Waals surface area contributed by atoms with E-state index in [9.17, 15) is 9.59 Å². The van der Waals surface area contributed by atoms with E-state index < -0.39 is 0 Å². The fraction of sp³-hybridized carbons (Fsp3) is 0.636. The number of carbonyl (C=O) groups excluding carboxylic acids is 2. The third kappa shape index (κ3) is 3.51. The first kappa shape index (κ1) is 17.6. The van der Waals surface area contributed by atoms with Gasteiger partial charge in [0, 0.05) is 22.2 Å². The molecule has 4 aliphatic carbocycles. The largest absolute Gasteiger partial charge is 0.347 e. The fourth-order valence-corrected chi connectivity index (χ4v) is 5.76. The molecule has 0 atom stereocenters. The van der Waals surface area contributed by atoms with Gasteiger partial charge in [-0.3, -0.25) is 9.59 Å². The van der Waals surface area contributed by atoms with Gasteiger partial charge in [-0.15, -0.1) is 0 Å². The van der Waals surface area contributed by atoms with Crippen LogP contribution in [0.5, 0.6) is 0 Å². The molecule has 4 heteroatoms. The Morgan fingerprint density at radius 3 is 1.69 bits per heavy atom. The van der Waals surface area contributed by atoms with Crippen molar-refractivity contribution in [1.29, 1.82) is 0 Å². The molecule has 0 saturated heterocycles. The van der Waals surface area contributed by atoms with Crippen LogP contribution in [0.1, 0.15) is 80.0 Å². The van der Waals surface area contributed by atoms with Crippen LogP contribution in [0.3, 0.4) is 0 Å². The van der Waals surface area contributed by atoms with Gasteiger partial charge in [0.15, 0.2) is 0 Å². The lowest BCUT2D eigenvalue weighted by molar-refractivity contribution is -0.0167. The normalized spacial score (nSPS) is 32.3. The molecular weight excluding hydrogens is 324 g/mol. The van der Waals surface area contributed by atoms with Crippen molar-refractivity contribution in [1.82, 2.24) is 10.6 Å². The molecule has 1 aromatic carbocycles. The minimum atomic E-state index is -0.272. The van der Waals surface area contributed by atoms with E-state index >= 15 is 0 Å². The van der Waals surface area contributed by atoms with E-state index in [0.717, 1.165) is 37.0 Å². The summed E-state index contributed by atoms with van der Waals surface area (Å²) in [6.07, 6.45) is 7.55. The molecule has 4 aliphatic rings. The number of nitrogens with one attached hydrogen (secondary N) is 2. The highest BCUT2D eigenvalue weighted by Gasteiger charge is 2.51. The smallest absolute Gasteiger partial charge is 0.251 e. The highest BCUT2D eigenvalue weighted by molar-refractivity contribution is 5.98. The van der Waals surface area contributed by atoms with Crippen molar-refractivity contribution in [2.24, 2.45) is 17.8 Å². The summed E-state index contributed by atoms with van der Waals surface area (Å²) >= 11 is 0. The average molecular weight is 354 g/mol. The first-order valence-electron chi connectivity index (χ1n) is 9.96. The summed E-state index contributed by atoms with van der Waals surface area (Å²) in [4.78, 5) is 25.1. The summed E-state index contributed by atoms with van der Waals surface area (Å²) in [6.45, 7) is 5.87. The molecule has 0 heterocycles. The van der Waals surface area contributed by atoms with Crippen LogP contribution in [0.25, 0.3) is 0 Å². The van der Waals surface area contributed by atoms with Crippen LogP contribution in [-0.4, -0.2) is 22.9 Å². The summed E-state index contributed by atoms with van der Waals surface area (Å²) in [7, 11) is 0. The summed E-state index contributed by atoms with van der Waals surface area (Å²) < 4.78 is 0. The molecule has 5 rings (SSSR count). The van der Waals surface area contributed by atoms with Crippen LogP contribution in [-0.2, 0) is 0 Å². The molecule has 0 radical (unpaired) electrons. The molecule has 0 aromatic heterocycles. The first-order valence-corrected chi connectivity index (χ1v) is 9.96. The summed E-state index contributed by atoms with van der Waals surface area (Å²) in [6, 6.07) is 7.03. The molecule has 1 aromatic rings. The maximum Gasteiger partial charge on any atom is 0.251 e. The summed E-state index contributed by atoms with van der Waals surface area (Å²) in [5.41, 5.74) is 0.985. The lowest BCUT2D eigenvalue weighted by atomic mass is 9.53. The molecule has 4 fully saturated rings. The van der Waals surface area contributed by atoms with Gasteiger partial charge >= 0.3 is 0 Å². The quantitative estimate of drug-likeness (QED) is 0.864. The van der Waals surface area contributed by atoms with E-state index in [1.54, 1.807) is 24.3 Å². The molecule has 4 saturated carbocycles. The van der Waals surface area contributed by atoms with Gasteiger partial charge in [-0.1, -0.05) is 0 Å². The van der Waals surface area contributed by atoms with E-state index in [-0.39, 0.29) is 22.9 Å². The van der Waals surface area contributed by atoms with Gasteiger partial charge in [-0.05, 0) is 101 Å². The van der Waals surface area contributed by atoms with Gasteiger partial charge in [0.1, 0.15) is 0 Å². The maximum atomic E-state index is 12.8. The fourth-order valence-electron chi connectivity index (χ4n) is 5.76. The highest BCUT2D eigenvalue weighted by Crippen LogP contribution is 2.55. The Morgan fingerprint density at radius 2 is 1.27 bits per heavy atom. The van der Waals surface area contributed by atoms with Crippen molar-refractivity contribution >= 4 is 11.8 Å². The number of hydrogen-bond donors (Lipinski definition) is 2. The van der Waals surface area contributed by atoms with Crippen molar-refractivity contribution in [3.05, 3.63) is 35.4 Å². The Morgan fingerprint density at radius 1 is 0.846 bits per heavy atom. The molecule has 140 valence electrons. The molecule has 4 bridgehead atoms. The summed E-state index contributed by atoms with van der Waals surface area (Å²) in [5.74, 6) is 2.33. The lowest BCUT2D eigenvalue weighted by Crippen LogP contribution is -2.59. The van der Waals surface area contributed by atoms with Crippen LogP contribution in [0.2, 0.25) is 0 Å². The van der Waals surface area contributed by atoms with Gasteiger partial charge < -0.3 is 10.6 Å². The van der Waals surface area contributed by atoms with Crippen LogP contribution >= 0.6 is 0 Å². The van der Waals surface area contributed by atoms with Crippen molar-refractivity contribution < 1.29 is 9.59 Å². The van der Waals surface area contributed by atoms with E-state index in [4.69, 9.17) is 0 Å². The van der Waals surface area contributed by atoms with Gasteiger partial charge in [0.2, 0.25) is 0 Å². The van der Waals surface area contributed by atoms with Crippen LogP contribution in [0.15, 0.2) is 24.3 Å². The summed E-state index contributed by atoms with van der Waals surface area (Å²) in [5, 5.41) is 6.34. The topological polar surface area (TPSA) is 58.2 Å². The minimum Gasteiger partial charge on any atom is -0.347 e. The third-order valence-corrected chi connectivity index (χ3v) is 6.31. The Kier molecular flexibility index (Phi) is 4.13.